The second-order valence-electron chi connectivity index (χ2n) is 6.04. The third-order valence-corrected chi connectivity index (χ3v) is 4.13. The lowest BCUT2D eigenvalue weighted by Gasteiger charge is -2.12. The summed E-state index contributed by atoms with van der Waals surface area (Å²) in [4.78, 5) is 24.7. The van der Waals surface area contributed by atoms with Crippen LogP contribution in [-0.2, 0) is 6.54 Å². The summed E-state index contributed by atoms with van der Waals surface area (Å²) in [7, 11) is 3.08. The number of benzene rings is 2. The number of pyridine rings is 1. The Hall–Kier alpha value is -3.61. The van der Waals surface area contributed by atoms with Crippen LogP contribution >= 0.6 is 0 Å². The van der Waals surface area contributed by atoms with E-state index in [1.54, 1.807) is 38.5 Å². The zero-order valence-corrected chi connectivity index (χ0v) is 15.4. The summed E-state index contributed by atoms with van der Waals surface area (Å²) in [6, 6.07) is 13.9. The summed E-state index contributed by atoms with van der Waals surface area (Å²) < 4.78 is 25.6. The Morgan fingerprint density at radius 3 is 2.36 bits per heavy atom. The van der Waals surface area contributed by atoms with E-state index < -0.39 is 11.7 Å². The molecule has 0 aliphatic rings. The van der Waals surface area contributed by atoms with Crippen LogP contribution in [0.2, 0.25) is 0 Å². The lowest BCUT2D eigenvalue weighted by Crippen LogP contribution is -2.22. The van der Waals surface area contributed by atoms with Gasteiger partial charge < -0.3 is 19.4 Å². The number of carbonyl (C=O) groups excluding carboxylic acids is 1. The van der Waals surface area contributed by atoms with Gasteiger partial charge in [-0.15, -0.1) is 0 Å². The first-order valence-electron chi connectivity index (χ1n) is 8.48. The Morgan fingerprint density at radius 2 is 1.71 bits per heavy atom. The Labute approximate surface area is 161 Å². The van der Waals surface area contributed by atoms with E-state index in [0.29, 0.717) is 11.5 Å². The SMILES string of the molecule is COc1cc(Cn2cc(C(=O)Nc3ccccc3F)ccc2=O)cc(OC)c1. The number of hydrogen-bond donors (Lipinski definition) is 1. The number of nitrogens with one attached hydrogen (secondary N) is 1. The maximum absolute atomic E-state index is 13.7. The summed E-state index contributed by atoms with van der Waals surface area (Å²) in [5.41, 5.74) is 0.801. The molecule has 1 aromatic heterocycles. The van der Waals surface area contributed by atoms with E-state index in [4.69, 9.17) is 9.47 Å². The average Bonchev–Trinajstić information content (AvgIpc) is 2.71. The van der Waals surface area contributed by atoms with Gasteiger partial charge in [-0.05, 0) is 35.9 Å². The molecule has 0 saturated carbocycles. The Morgan fingerprint density at radius 1 is 1.04 bits per heavy atom. The maximum atomic E-state index is 13.7. The molecule has 2 aromatic carbocycles. The molecule has 0 radical (unpaired) electrons. The van der Waals surface area contributed by atoms with Crippen LogP contribution in [0.25, 0.3) is 0 Å². The molecule has 0 spiro atoms. The van der Waals surface area contributed by atoms with Crippen molar-refractivity contribution in [2.75, 3.05) is 19.5 Å². The summed E-state index contributed by atoms with van der Waals surface area (Å²) in [5.74, 6) is 0.140. The first-order chi connectivity index (χ1) is 13.5. The highest BCUT2D eigenvalue weighted by atomic mass is 19.1. The molecule has 144 valence electrons. The summed E-state index contributed by atoms with van der Waals surface area (Å²) in [6.45, 7) is 0.215. The van der Waals surface area contributed by atoms with Crippen LogP contribution < -0.4 is 20.3 Å². The molecular formula is C21H19FN2O4. The topological polar surface area (TPSA) is 69.6 Å². The average molecular weight is 382 g/mol. The number of rotatable bonds is 6. The van der Waals surface area contributed by atoms with Gasteiger partial charge in [0.2, 0.25) is 0 Å². The third-order valence-electron chi connectivity index (χ3n) is 4.13. The van der Waals surface area contributed by atoms with Gasteiger partial charge in [0, 0.05) is 18.3 Å². The van der Waals surface area contributed by atoms with E-state index in [-0.39, 0.29) is 23.4 Å². The van der Waals surface area contributed by atoms with Crippen molar-refractivity contribution >= 4 is 11.6 Å². The summed E-state index contributed by atoms with van der Waals surface area (Å²) >= 11 is 0. The summed E-state index contributed by atoms with van der Waals surface area (Å²) in [6.07, 6.45) is 1.43. The van der Waals surface area contributed by atoms with Crippen LogP contribution in [0.4, 0.5) is 10.1 Å². The van der Waals surface area contributed by atoms with Crippen LogP contribution in [0.15, 0.2) is 65.6 Å². The number of anilines is 1. The lowest BCUT2D eigenvalue weighted by atomic mass is 10.2. The van der Waals surface area contributed by atoms with E-state index in [1.165, 1.54) is 41.1 Å². The highest BCUT2D eigenvalue weighted by Crippen LogP contribution is 2.23. The molecule has 7 heteroatoms. The molecule has 0 unspecified atom stereocenters. The van der Waals surface area contributed by atoms with E-state index in [0.717, 1.165) is 5.56 Å². The lowest BCUT2D eigenvalue weighted by molar-refractivity contribution is 0.102. The largest absolute Gasteiger partial charge is 0.497 e. The molecule has 3 rings (SSSR count). The number of para-hydroxylation sites is 1. The Kier molecular flexibility index (Phi) is 5.74. The number of aromatic nitrogens is 1. The van der Waals surface area contributed by atoms with Gasteiger partial charge in [0.05, 0.1) is 32.0 Å². The van der Waals surface area contributed by atoms with Gasteiger partial charge in [-0.1, -0.05) is 12.1 Å². The second-order valence-corrected chi connectivity index (χ2v) is 6.04. The van der Waals surface area contributed by atoms with Crippen molar-refractivity contribution in [3.8, 4) is 11.5 Å². The predicted octanol–water partition coefficient (Wildman–Crippen LogP) is 3.31. The van der Waals surface area contributed by atoms with Gasteiger partial charge in [0.15, 0.2) is 0 Å². The normalized spacial score (nSPS) is 10.4. The van der Waals surface area contributed by atoms with Crippen molar-refractivity contribution in [1.82, 2.24) is 4.57 Å². The molecule has 28 heavy (non-hydrogen) atoms. The molecule has 0 saturated heterocycles. The molecule has 3 aromatic rings. The van der Waals surface area contributed by atoms with Crippen molar-refractivity contribution in [3.63, 3.8) is 0 Å². The quantitative estimate of drug-likeness (QED) is 0.710. The maximum Gasteiger partial charge on any atom is 0.257 e. The van der Waals surface area contributed by atoms with Crippen LogP contribution in [0.5, 0.6) is 11.5 Å². The van der Waals surface area contributed by atoms with Crippen molar-refractivity contribution in [2.24, 2.45) is 0 Å². The van der Waals surface area contributed by atoms with E-state index in [1.807, 2.05) is 0 Å². The minimum absolute atomic E-state index is 0.0720. The molecule has 0 aliphatic carbocycles. The van der Waals surface area contributed by atoms with E-state index in [2.05, 4.69) is 5.32 Å². The van der Waals surface area contributed by atoms with E-state index >= 15 is 0 Å². The number of hydrogen-bond acceptors (Lipinski definition) is 4. The number of ether oxygens (including phenoxy) is 2. The monoisotopic (exact) mass is 382 g/mol. The van der Waals surface area contributed by atoms with Crippen molar-refractivity contribution in [2.45, 2.75) is 6.54 Å². The van der Waals surface area contributed by atoms with Gasteiger partial charge in [-0.25, -0.2) is 4.39 Å². The molecule has 0 bridgehead atoms. The Balaban J connectivity index is 1.87. The third kappa shape index (κ3) is 4.37. The second kappa shape index (κ2) is 8.39. The molecule has 1 amide bonds. The van der Waals surface area contributed by atoms with E-state index in [9.17, 15) is 14.0 Å². The molecule has 0 aliphatic heterocycles. The standard InChI is InChI=1S/C21H19FN2O4/c1-27-16-9-14(10-17(11-16)28-2)12-24-13-15(7-8-20(24)25)21(26)23-19-6-4-3-5-18(19)22/h3-11,13H,12H2,1-2H3,(H,23,26). The van der Waals surface area contributed by atoms with Crippen LogP contribution in [-0.4, -0.2) is 24.7 Å². The van der Waals surface area contributed by atoms with Crippen LogP contribution in [0, 0.1) is 5.82 Å². The fourth-order valence-electron chi connectivity index (χ4n) is 2.70. The molecule has 0 atom stereocenters. The van der Waals surface area contributed by atoms with Crippen molar-refractivity contribution in [3.05, 3.63) is 88.1 Å². The zero-order valence-electron chi connectivity index (χ0n) is 15.4. The van der Waals surface area contributed by atoms with Gasteiger partial charge in [0.1, 0.15) is 17.3 Å². The van der Waals surface area contributed by atoms with Gasteiger partial charge in [-0.3, -0.25) is 9.59 Å². The zero-order chi connectivity index (χ0) is 20.1. The smallest absolute Gasteiger partial charge is 0.257 e. The molecule has 1 N–H and O–H groups in total. The van der Waals surface area contributed by atoms with Crippen molar-refractivity contribution in [1.29, 1.82) is 0 Å². The fraction of sp³-hybridized carbons (Fsp3) is 0.143. The highest BCUT2D eigenvalue weighted by Gasteiger charge is 2.11. The van der Waals surface area contributed by atoms with Gasteiger partial charge >= 0.3 is 0 Å². The number of amides is 1. The molecule has 0 fully saturated rings. The number of carbonyl (C=O) groups is 1. The number of halogens is 1. The van der Waals surface area contributed by atoms with Gasteiger partial charge in [-0.2, -0.15) is 0 Å². The molecular weight excluding hydrogens is 363 g/mol. The molecule has 6 nitrogen and oxygen atoms in total. The highest BCUT2D eigenvalue weighted by molar-refractivity contribution is 6.04. The summed E-state index contributed by atoms with van der Waals surface area (Å²) in [5, 5.41) is 2.50. The number of nitrogens with zero attached hydrogens (tertiary/aromatic N) is 1. The fourth-order valence-corrected chi connectivity index (χ4v) is 2.70. The first kappa shape index (κ1) is 19.2. The number of methoxy groups -OCH3 is 2. The Bertz CT molecular complexity index is 1040. The van der Waals surface area contributed by atoms with Crippen LogP contribution in [0.1, 0.15) is 15.9 Å². The minimum atomic E-state index is -0.535. The van der Waals surface area contributed by atoms with Gasteiger partial charge in [0.25, 0.3) is 11.5 Å². The van der Waals surface area contributed by atoms with Crippen molar-refractivity contribution < 1.29 is 18.7 Å². The molecule has 1 heterocycles. The van der Waals surface area contributed by atoms with Crippen LogP contribution in [0.3, 0.4) is 0 Å². The first-order valence-corrected chi connectivity index (χ1v) is 8.48. The minimum Gasteiger partial charge on any atom is -0.497 e. The predicted molar refractivity (Wildman–Crippen MR) is 104 cm³/mol.